The highest BCUT2D eigenvalue weighted by Gasteiger charge is 2.05. The number of hydrogen-bond donors (Lipinski definition) is 0. The van der Waals surface area contributed by atoms with E-state index in [1.807, 2.05) is 6.92 Å². The zero-order chi connectivity index (χ0) is 9.56. The van der Waals surface area contributed by atoms with E-state index in [2.05, 4.69) is 6.92 Å². The van der Waals surface area contributed by atoms with Crippen molar-refractivity contribution >= 4 is 11.8 Å². The molecule has 0 spiro atoms. The first kappa shape index (κ1) is 11.1. The number of ether oxygens (including phenoxy) is 1. The number of carbonyl (C=O) groups is 2. The molecule has 0 saturated carbocycles. The minimum Gasteiger partial charge on any atom is -0.465 e. The summed E-state index contributed by atoms with van der Waals surface area (Å²) in [5.41, 5.74) is 0. The molecule has 3 nitrogen and oxygen atoms in total. The summed E-state index contributed by atoms with van der Waals surface area (Å²) in [6.07, 6.45) is 0.620. The molecule has 0 amide bonds. The number of esters is 1. The first-order valence-electron chi connectivity index (χ1n) is 4.00. The highest BCUT2D eigenvalue weighted by molar-refractivity contribution is 5.94. The van der Waals surface area contributed by atoms with Crippen LogP contribution in [0.25, 0.3) is 0 Å². The Morgan fingerprint density at radius 3 is 2.50 bits per heavy atom. The maximum absolute atomic E-state index is 10.8. The highest BCUT2D eigenvalue weighted by atomic mass is 16.5. The average molecular weight is 171 g/mol. The molecule has 0 aromatic rings. The average Bonchev–Trinajstić information content (AvgIpc) is 1.84. The van der Waals surface area contributed by atoms with Gasteiger partial charge in [0.15, 0.2) is 0 Å². The molecule has 0 aliphatic rings. The first-order chi connectivity index (χ1) is 5.52. The van der Waals surface area contributed by atoms with Gasteiger partial charge in [-0.05, 0) is 19.3 Å². The van der Waals surface area contributed by atoms with Crippen molar-refractivity contribution in [1.29, 1.82) is 0 Å². The van der Waals surface area contributed by atoms with Gasteiger partial charge in [0.1, 0.15) is 12.2 Å². The molecule has 0 aliphatic heterocycles. The van der Waals surface area contributed by atoms with E-state index >= 15 is 0 Å². The van der Waals surface area contributed by atoms with Crippen molar-refractivity contribution in [3.05, 3.63) is 6.92 Å². The summed E-state index contributed by atoms with van der Waals surface area (Å²) in [6, 6.07) is 0. The van der Waals surface area contributed by atoms with Gasteiger partial charge >= 0.3 is 5.97 Å². The zero-order valence-electron chi connectivity index (χ0n) is 7.63. The second kappa shape index (κ2) is 5.75. The van der Waals surface area contributed by atoms with E-state index in [4.69, 9.17) is 4.74 Å². The summed E-state index contributed by atoms with van der Waals surface area (Å²) in [6.45, 7) is 7.41. The van der Waals surface area contributed by atoms with Crippen LogP contribution in [0.15, 0.2) is 0 Å². The number of rotatable bonds is 5. The standard InChI is InChI=1S/C9H15O3/c1-7(2)4-5-12-9(11)6-8(3)10/h7H,1,4-6H2,2-3H3. The molecule has 0 rings (SSSR count). The van der Waals surface area contributed by atoms with Gasteiger partial charge in [-0.1, -0.05) is 13.8 Å². The lowest BCUT2D eigenvalue weighted by atomic mass is 10.1. The molecule has 0 aromatic heterocycles. The molecule has 1 radical (unpaired) electrons. The summed E-state index contributed by atoms with van der Waals surface area (Å²) in [5.74, 6) is -0.332. The van der Waals surface area contributed by atoms with E-state index in [9.17, 15) is 9.59 Å². The predicted molar refractivity (Wildman–Crippen MR) is 45.4 cm³/mol. The SMILES string of the molecule is [CH2]C(C)CCOC(=O)CC(C)=O. The molecule has 0 N–H and O–H groups in total. The highest BCUT2D eigenvalue weighted by Crippen LogP contribution is 1.99. The minimum absolute atomic E-state index is 0.120. The fourth-order valence-electron chi connectivity index (χ4n) is 0.628. The molecular weight excluding hydrogens is 156 g/mol. The predicted octanol–water partition coefficient (Wildman–Crippen LogP) is 1.37. The molecular formula is C9H15O3. The molecule has 1 unspecified atom stereocenters. The van der Waals surface area contributed by atoms with Gasteiger partial charge in [-0.25, -0.2) is 0 Å². The maximum Gasteiger partial charge on any atom is 0.313 e. The summed E-state index contributed by atoms with van der Waals surface area (Å²) in [4.78, 5) is 21.2. The molecule has 0 saturated heterocycles. The quantitative estimate of drug-likeness (QED) is 0.463. The Balaban J connectivity index is 3.38. The van der Waals surface area contributed by atoms with Crippen molar-refractivity contribution in [2.45, 2.75) is 26.7 Å². The van der Waals surface area contributed by atoms with Gasteiger partial charge in [-0.3, -0.25) is 9.59 Å². The van der Waals surface area contributed by atoms with Crippen LogP contribution < -0.4 is 0 Å². The van der Waals surface area contributed by atoms with Gasteiger partial charge in [0.05, 0.1) is 6.61 Å². The topological polar surface area (TPSA) is 43.4 Å². The fraction of sp³-hybridized carbons (Fsp3) is 0.667. The molecule has 0 heterocycles. The molecule has 69 valence electrons. The van der Waals surface area contributed by atoms with Crippen molar-refractivity contribution in [3.63, 3.8) is 0 Å². The van der Waals surface area contributed by atoms with Crippen molar-refractivity contribution < 1.29 is 14.3 Å². The van der Waals surface area contributed by atoms with Gasteiger partial charge in [-0.15, -0.1) is 0 Å². The van der Waals surface area contributed by atoms with Crippen LogP contribution in [0.4, 0.5) is 0 Å². The minimum atomic E-state index is -0.442. The van der Waals surface area contributed by atoms with Crippen LogP contribution in [0.3, 0.4) is 0 Å². The Morgan fingerprint density at radius 1 is 1.50 bits per heavy atom. The van der Waals surface area contributed by atoms with Gasteiger partial charge in [-0.2, -0.15) is 0 Å². The lowest BCUT2D eigenvalue weighted by Gasteiger charge is -2.04. The van der Waals surface area contributed by atoms with E-state index in [1.165, 1.54) is 6.92 Å². The van der Waals surface area contributed by atoms with Crippen LogP contribution in [-0.2, 0) is 14.3 Å². The summed E-state index contributed by atoms with van der Waals surface area (Å²) in [5, 5.41) is 0. The Morgan fingerprint density at radius 2 is 2.08 bits per heavy atom. The first-order valence-corrected chi connectivity index (χ1v) is 4.00. The van der Waals surface area contributed by atoms with Gasteiger partial charge in [0.2, 0.25) is 0 Å². The lowest BCUT2D eigenvalue weighted by Crippen LogP contribution is -2.10. The van der Waals surface area contributed by atoms with Gasteiger partial charge < -0.3 is 4.74 Å². The van der Waals surface area contributed by atoms with Crippen LogP contribution in [0.1, 0.15) is 26.7 Å². The molecule has 12 heavy (non-hydrogen) atoms. The van der Waals surface area contributed by atoms with Crippen LogP contribution in [0.2, 0.25) is 0 Å². The smallest absolute Gasteiger partial charge is 0.313 e. The number of Topliss-reactive ketones (excluding diaryl/α,β-unsaturated/α-hetero) is 1. The van der Waals surface area contributed by atoms with Crippen LogP contribution in [-0.4, -0.2) is 18.4 Å². The molecule has 0 aromatic carbocycles. The normalized spacial score (nSPS) is 10.0. The van der Waals surface area contributed by atoms with Crippen molar-refractivity contribution in [3.8, 4) is 0 Å². The Hall–Kier alpha value is -0.860. The Kier molecular flexibility index (Phi) is 5.34. The van der Waals surface area contributed by atoms with Gasteiger partial charge in [0.25, 0.3) is 0 Å². The Bertz CT molecular complexity index is 161. The monoisotopic (exact) mass is 171 g/mol. The molecule has 0 bridgehead atoms. The van der Waals surface area contributed by atoms with E-state index in [0.717, 1.165) is 6.42 Å². The second-order valence-electron chi connectivity index (χ2n) is 2.99. The van der Waals surface area contributed by atoms with E-state index in [-0.39, 0.29) is 18.1 Å². The zero-order valence-corrected chi connectivity index (χ0v) is 7.63. The van der Waals surface area contributed by atoms with Crippen molar-refractivity contribution in [2.75, 3.05) is 6.61 Å². The van der Waals surface area contributed by atoms with Crippen molar-refractivity contribution in [1.82, 2.24) is 0 Å². The number of ketones is 1. The third-order valence-corrected chi connectivity index (χ3v) is 1.27. The summed E-state index contributed by atoms with van der Waals surface area (Å²) in [7, 11) is 0. The van der Waals surface area contributed by atoms with Crippen LogP contribution in [0.5, 0.6) is 0 Å². The fourth-order valence-corrected chi connectivity index (χ4v) is 0.628. The van der Waals surface area contributed by atoms with Crippen LogP contribution >= 0.6 is 0 Å². The number of hydrogen-bond acceptors (Lipinski definition) is 3. The molecule has 0 fully saturated rings. The molecule has 1 atom stereocenters. The molecule has 3 heteroatoms. The third kappa shape index (κ3) is 7.25. The lowest BCUT2D eigenvalue weighted by molar-refractivity contribution is -0.145. The summed E-state index contributed by atoms with van der Waals surface area (Å²) >= 11 is 0. The van der Waals surface area contributed by atoms with Crippen molar-refractivity contribution in [2.24, 2.45) is 5.92 Å². The summed E-state index contributed by atoms with van der Waals surface area (Å²) < 4.78 is 4.76. The second-order valence-corrected chi connectivity index (χ2v) is 2.99. The van der Waals surface area contributed by atoms with Crippen LogP contribution in [0, 0.1) is 12.8 Å². The van der Waals surface area contributed by atoms with E-state index in [0.29, 0.717) is 6.61 Å². The van der Waals surface area contributed by atoms with E-state index in [1.54, 1.807) is 0 Å². The Labute approximate surface area is 73.1 Å². The van der Waals surface area contributed by atoms with Gasteiger partial charge in [0, 0.05) is 0 Å². The van der Waals surface area contributed by atoms with E-state index < -0.39 is 5.97 Å². The third-order valence-electron chi connectivity index (χ3n) is 1.27. The largest absolute Gasteiger partial charge is 0.465 e. The maximum atomic E-state index is 10.8. The number of carbonyl (C=O) groups excluding carboxylic acids is 2. The molecule has 0 aliphatic carbocycles.